The summed E-state index contributed by atoms with van der Waals surface area (Å²) in [5.74, 6) is -1.10. The molecule has 0 aromatic heterocycles. The highest BCUT2D eigenvalue weighted by molar-refractivity contribution is 5.83. The van der Waals surface area contributed by atoms with E-state index in [1.807, 2.05) is 26.0 Å². The number of aliphatic carboxylic acids is 1. The molecule has 0 heterocycles. The number of carboxylic acids is 1. The van der Waals surface area contributed by atoms with Gasteiger partial charge in [0, 0.05) is 6.42 Å². The topological polar surface area (TPSA) is 66.4 Å². The molecule has 4 heteroatoms. The molecule has 1 rings (SSSR count). The quantitative estimate of drug-likeness (QED) is 0.773. The number of carboxylic acid groups (broad SMARTS) is 1. The first kappa shape index (κ1) is 17.2. The summed E-state index contributed by atoms with van der Waals surface area (Å²) in [6, 6.07) is 7.44. The van der Waals surface area contributed by atoms with E-state index in [2.05, 4.69) is 24.4 Å². The third-order valence-corrected chi connectivity index (χ3v) is 3.66. The predicted octanol–water partition coefficient (Wildman–Crippen LogP) is 3.11. The van der Waals surface area contributed by atoms with Gasteiger partial charge in [-0.15, -0.1) is 0 Å². The van der Waals surface area contributed by atoms with Crippen LogP contribution in [0.2, 0.25) is 0 Å². The molecule has 2 unspecified atom stereocenters. The fraction of sp³-hybridized carbons (Fsp3) is 0.529. The number of benzene rings is 1. The molecule has 0 aliphatic carbocycles. The van der Waals surface area contributed by atoms with Crippen molar-refractivity contribution in [1.82, 2.24) is 5.32 Å². The van der Waals surface area contributed by atoms with E-state index < -0.39 is 12.0 Å². The molecule has 0 aliphatic rings. The number of nitrogens with one attached hydrogen (secondary N) is 1. The molecular formula is C17H25NO3. The molecule has 0 radical (unpaired) electrons. The van der Waals surface area contributed by atoms with E-state index in [1.54, 1.807) is 0 Å². The fourth-order valence-electron chi connectivity index (χ4n) is 2.28. The van der Waals surface area contributed by atoms with Crippen LogP contribution in [-0.2, 0) is 16.0 Å². The molecule has 0 aliphatic heterocycles. The van der Waals surface area contributed by atoms with Gasteiger partial charge in [-0.2, -0.15) is 0 Å². The van der Waals surface area contributed by atoms with Gasteiger partial charge in [0.15, 0.2) is 0 Å². The van der Waals surface area contributed by atoms with Crippen molar-refractivity contribution in [3.63, 3.8) is 0 Å². The SMILES string of the molecule is CCCC(NC(=O)CC(C)c1ccc(CC)cc1)C(=O)O. The van der Waals surface area contributed by atoms with Crippen molar-refractivity contribution in [3.8, 4) is 0 Å². The number of carbonyl (C=O) groups excluding carboxylic acids is 1. The van der Waals surface area contributed by atoms with Gasteiger partial charge in [0.25, 0.3) is 0 Å². The lowest BCUT2D eigenvalue weighted by Crippen LogP contribution is -2.40. The van der Waals surface area contributed by atoms with E-state index in [-0.39, 0.29) is 11.8 Å². The van der Waals surface area contributed by atoms with E-state index in [4.69, 9.17) is 5.11 Å². The van der Waals surface area contributed by atoms with Gasteiger partial charge < -0.3 is 10.4 Å². The molecule has 4 nitrogen and oxygen atoms in total. The van der Waals surface area contributed by atoms with E-state index in [0.29, 0.717) is 12.8 Å². The van der Waals surface area contributed by atoms with Gasteiger partial charge in [0.05, 0.1) is 0 Å². The van der Waals surface area contributed by atoms with Crippen molar-refractivity contribution in [2.24, 2.45) is 0 Å². The number of rotatable bonds is 8. The molecule has 1 aromatic carbocycles. The first-order chi connectivity index (χ1) is 9.97. The average Bonchev–Trinajstić information content (AvgIpc) is 2.46. The zero-order chi connectivity index (χ0) is 15.8. The smallest absolute Gasteiger partial charge is 0.326 e. The van der Waals surface area contributed by atoms with E-state index in [9.17, 15) is 9.59 Å². The summed E-state index contributed by atoms with van der Waals surface area (Å²) >= 11 is 0. The summed E-state index contributed by atoms with van der Waals surface area (Å²) in [7, 11) is 0. The van der Waals surface area contributed by atoms with E-state index >= 15 is 0 Å². The zero-order valence-electron chi connectivity index (χ0n) is 13.1. The maximum Gasteiger partial charge on any atom is 0.326 e. The number of carbonyl (C=O) groups is 2. The van der Waals surface area contributed by atoms with Gasteiger partial charge in [-0.1, -0.05) is 51.5 Å². The van der Waals surface area contributed by atoms with Gasteiger partial charge in [-0.3, -0.25) is 4.79 Å². The second-order valence-electron chi connectivity index (χ2n) is 5.45. The first-order valence-electron chi connectivity index (χ1n) is 7.58. The van der Waals surface area contributed by atoms with Crippen LogP contribution in [0.5, 0.6) is 0 Å². The van der Waals surface area contributed by atoms with Crippen LogP contribution in [0.15, 0.2) is 24.3 Å². The Bertz CT molecular complexity index is 467. The molecule has 0 bridgehead atoms. The van der Waals surface area contributed by atoms with Crippen molar-refractivity contribution in [3.05, 3.63) is 35.4 Å². The van der Waals surface area contributed by atoms with Crippen LogP contribution in [0.1, 0.15) is 57.1 Å². The highest BCUT2D eigenvalue weighted by Crippen LogP contribution is 2.19. The van der Waals surface area contributed by atoms with Gasteiger partial charge in [-0.25, -0.2) is 4.79 Å². The minimum Gasteiger partial charge on any atom is -0.480 e. The number of aryl methyl sites for hydroxylation is 1. The Hall–Kier alpha value is -1.84. The third kappa shape index (κ3) is 5.58. The van der Waals surface area contributed by atoms with Gasteiger partial charge in [0.2, 0.25) is 5.91 Å². The van der Waals surface area contributed by atoms with Crippen LogP contribution in [-0.4, -0.2) is 23.0 Å². The summed E-state index contributed by atoms with van der Waals surface area (Å²) < 4.78 is 0. The van der Waals surface area contributed by atoms with Crippen molar-refractivity contribution in [2.45, 2.75) is 58.4 Å². The Labute approximate surface area is 126 Å². The monoisotopic (exact) mass is 291 g/mol. The zero-order valence-corrected chi connectivity index (χ0v) is 13.1. The molecular weight excluding hydrogens is 266 g/mol. The summed E-state index contributed by atoms with van der Waals surface area (Å²) in [6.07, 6.45) is 2.48. The van der Waals surface area contributed by atoms with E-state index in [0.717, 1.165) is 18.4 Å². The van der Waals surface area contributed by atoms with Crippen molar-refractivity contribution < 1.29 is 14.7 Å². The summed E-state index contributed by atoms with van der Waals surface area (Å²) in [4.78, 5) is 23.0. The number of hydrogen-bond donors (Lipinski definition) is 2. The second kappa shape index (κ2) is 8.45. The van der Waals surface area contributed by atoms with Crippen molar-refractivity contribution >= 4 is 11.9 Å². The summed E-state index contributed by atoms with van der Waals surface area (Å²) in [6.45, 7) is 5.99. The van der Waals surface area contributed by atoms with Crippen LogP contribution in [0.25, 0.3) is 0 Å². The highest BCUT2D eigenvalue weighted by atomic mass is 16.4. The van der Waals surface area contributed by atoms with Crippen LogP contribution < -0.4 is 5.32 Å². The third-order valence-electron chi connectivity index (χ3n) is 3.66. The lowest BCUT2D eigenvalue weighted by Gasteiger charge is -2.16. The van der Waals surface area contributed by atoms with Crippen LogP contribution >= 0.6 is 0 Å². The van der Waals surface area contributed by atoms with Crippen LogP contribution in [0, 0.1) is 0 Å². The Kier molecular flexibility index (Phi) is 6.92. The fourth-order valence-corrected chi connectivity index (χ4v) is 2.28. The molecule has 21 heavy (non-hydrogen) atoms. The molecule has 2 N–H and O–H groups in total. The van der Waals surface area contributed by atoms with Gasteiger partial charge >= 0.3 is 5.97 Å². The maximum atomic E-state index is 12.0. The molecule has 0 fully saturated rings. The molecule has 116 valence electrons. The number of hydrogen-bond acceptors (Lipinski definition) is 2. The van der Waals surface area contributed by atoms with Crippen LogP contribution in [0.3, 0.4) is 0 Å². The molecule has 0 spiro atoms. The first-order valence-corrected chi connectivity index (χ1v) is 7.58. The van der Waals surface area contributed by atoms with Crippen molar-refractivity contribution in [2.75, 3.05) is 0 Å². The standard InChI is InChI=1S/C17H25NO3/c1-4-6-15(17(20)21)18-16(19)11-12(3)14-9-7-13(5-2)8-10-14/h7-10,12,15H,4-6,11H2,1-3H3,(H,18,19)(H,20,21). The van der Waals surface area contributed by atoms with Crippen LogP contribution in [0.4, 0.5) is 0 Å². The molecule has 2 atom stereocenters. The molecule has 1 aromatic rings. The molecule has 0 saturated carbocycles. The minimum absolute atomic E-state index is 0.0759. The lowest BCUT2D eigenvalue weighted by molar-refractivity contribution is -0.142. The second-order valence-corrected chi connectivity index (χ2v) is 5.45. The Morgan fingerprint density at radius 1 is 1.19 bits per heavy atom. The summed E-state index contributed by atoms with van der Waals surface area (Å²) in [5.41, 5.74) is 2.37. The maximum absolute atomic E-state index is 12.0. The number of amides is 1. The Morgan fingerprint density at radius 3 is 2.29 bits per heavy atom. The molecule has 0 saturated heterocycles. The predicted molar refractivity (Wildman–Crippen MR) is 83.3 cm³/mol. The Balaban J connectivity index is 2.58. The largest absolute Gasteiger partial charge is 0.480 e. The summed E-state index contributed by atoms with van der Waals surface area (Å²) in [5, 5.41) is 11.6. The van der Waals surface area contributed by atoms with E-state index in [1.165, 1.54) is 5.56 Å². The normalized spacial score (nSPS) is 13.5. The lowest BCUT2D eigenvalue weighted by atomic mass is 9.96. The molecule has 1 amide bonds. The highest BCUT2D eigenvalue weighted by Gasteiger charge is 2.20. The van der Waals surface area contributed by atoms with Crippen molar-refractivity contribution in [1.29, 1.82) is 0 Å². The average molecular weight is 291 g/mol. The van der Waals surface area contributed by atoms with Gasteiger partial charge in [0.1, 0.15) is 6.04 Å². The van der Waals surface area contributed by atoms with Gasteiger partial charge in [-0.05, 0) is 29.9 Å². The Morgan fingerprint density at radius 2 is 1.81 bits per heavy atom. The minimum atomic E-state index is -0.967.